The fourth-order valence-corrected chi connectivity index (χ4v) is 6.10. The fourth-order valence-electron chi connectivity index (χ4n) is 5.92. The number of rotatable bonds is 9. The molecule has 7 nitrogen and oxygen atoms in total. The molecule has 1 saturated heterocycles. The van der Waals surface area contributed by atoms with Crippen LogP contribution in [0.2, 0.25) is 5.02 Å². The van der Waals surface area contributed by atoms with Crippen LogP contribution < -0.4 is 4.74 Å². The van der Waals surface area contributed by atoms with Gasteiger partial charge in [0.1, 0.15) is 11.6 Å². The zero-order valence-electron chi connectivity index (χ0n) is 23.5. The first-order valence-electron chi connectivity index (χ1n) is 14.3. The molecule has 0 aliphatic carbocycles. The van der Waals surface area contributed by atoms with Crippen molar-refractivity contribution in [1.82, 2.24) is 19.4 Å². The van der Waals surface area contributed by atoms with Crippen molar-refractivity contribution in [3.63, 3.8) is 0 Å². The maximum atomic E-state index is 13.6. The lowest BCUT2D eigenvalue weighted by atomic mass is 9.75. The standard InChI is InChI=1S/C32H39ClN4O3/c1-24(2)31-34-14-19-36(31)16-11-29(38)35-17-12-32(13-18-35,23-40-28-9-5-8-27(33)20-28)21-30(39)37-15-10-25-6-3-4-7-26(25)22-37/h3-9,14,19-20,24H,10-13,15-18,21-23H2,1-2H3. The van der Waals surface area contributed by atoms with Crippen LogP contribution in [-0.4, -0.2) is 57.4 Å². The summed E-state index contributed by atoms with van der Waals surface area (Å²) in [7, 11) is 0. The van der Waals surface area contributed by atoms with Gasteiger partial charge in [-0.3, -0.25) is 9.59 Å². The van der Waals surface area contributed by atoms with Crippen LogP contribution in [0.5, 0.6) is 5.75 Å². The average molecular weight is 563 g/mol. The summed E-state index contributed by atoms with van der Waals surface area (Å²) in [6.45, 7) is 7.89. The van der Waals surface area contributed by atoms with Crippen molar-refractivity contribution >= 4 is 23.4 Å². The monoisotopic (exact) mass is 562 g/mol. The number of fused-ring (bicyclic) bond motifs is 1. The molecule has 2 aliphatic heterocycles. The van der Waals surface area contributed by atoms with E-state index in [1.165, 1.54) is 11.1 Å². The van der Waals surface area contributed by atoms with E-state index < -0.39 is 0 Å². The molecule has 0 spiro atoms. The molecule has 0 atom stereocenters. The van der Waals surface area contributed by atoms with Crippen LogP contribution in [0.25, 0.3) is 0 Å². The number of ether oxygens (including phenoxy) is 1. The number of benzene rings is 2. The molecular formula is C32H39ClN4O3. The average Bonchev–Trinajstić information content (AvgIpc) is 3.44. The van der Waals surface area contributed by atoms with E-state index in [1.807, 2.05) is 40.3 Å². The molecule has 5 rings (SSSR count). The molecule has 2 amide bonds. The Bertz CT molecular complexity index is 1330. The smallest absolute Gasteiger partial charge is 0.224 e. The molecule has 40 heavy (non-hydrogen) atoms. The van der Waals surface area contributed by atoms with Crippen LogP contribution in [0.4, 0.5) is 0 Å². The van der Waals surface area contributed by atoms with Crippen LogP contribution in [0.3, 0.4) is 0 Å². The Morgan fingerprint density at radius 1 is 1.00 bits per heavy atom. The molecule has 0 bridgehead atoms. The lowest BCUT2D eigenvalue weighted by Crippen LogP contribution is -2.48. The third-order valence-electron chi connectivity index (χ3n) is 8.36. The number of aryl methyl sites for hydroxylation is 1. The minimum absolute atomic E-state index is 0.145. The van der Waals surface area contributed by atoms with Crippen molar-refractivity contribution in [2.75, 3.05) is 26.2 Å². The highest BCUT2D eigenvalue weighted by Gasteiger charge is 2.40. The van der Waals surface area contributed by atoms with Crippen molar-refractivity contribution in [1.29, 1.82) is 0 Å². The predicted molar refractivity (Wildman–Crippen MR) is 156 cm³/mol. The summed E-state index contributed by atoms with van der Waals surface area (Å²) in [6.07, 6.45) is 6.91. The Kier molecular flexibility index (Phi) is 8.79. The molecule has 3 heterocycles. The number of carbonyl (C=O) groups excluding carboxylic acids is 2. The van der Waals surface area contributed by atoms with Crippen LogP contribution >= 0.6 is 11.6 Å². The number of imidazole rings is 1. The molecule has 8 heteroatoms. The highest BCUT2D eigenvalue weighted by molar-refractivity contribution is 6.30. The van der Waals surface area contributed by atoms with Crippen molar-refractivity contribution in [3.8, 4) is 5.75 Å². The van der Waals surface area contributed by atoms with Crippen molar-refractivity contribution in [2.45, 2.75) is 65.0 Å². The zero-order valence-corrected chi connectivity index (χ0v) is 24.3. The van der Waals surface area contributed by atoms with Crippen molar-refractivity contribution < 1.29 is 14.3 Å². The molecule has 0 radical (unpaired) electrons. The van der Waals surface area contributed by atoms with Gasteiger partial charge in [-0.05, 0) is 48.6 Å². The summed E-state index contributed by atoms with van der Waals surface area (Å²) in [4.78, 5) is 35.2. The van der Waals surface area contributed by atoms with E-state index in [4.69, 9.17) is 16.3 Å². The molecule has 2 aliphatic rings. The molecule has 0 saturated carbocycles. The van der Waals surface area contributed by atoms with Crippen molar-refractivity contribution in [2.24, 2.45) is 5.41 Å². The minimum Gasteiger partial charge on any atom is -0.493 e. The Hall–Kier alpha value is -3.32. The lowest BCUT2D eigenvalue weighted by Gasteiger charge is -2.42. The van der Waals surface area contributed by atoms with Crippen LogP contribution in [0.15, 0.2) is 60.9 Å². The molecule has 3 aromatic rings. The second kappa shape index (κ2) is 12.5. The van der Waals surface area contributed by atoms with Gasteiger partial charge in [-0.1, -0.05) is 55.8 Å². The quantitative estimate of drug-likeness (QED) is 0.335. The largest absolute Gasteiger partial charge is 0.493 e. The lowest BCUT2D eigenvalue weighted by molar-refractivity contribution is -0.138. The number of carbonyl (C=O) groups is 2. The van der Waals surface area contributed by atoms with Gasteiger partial charge in [-0.2, -0.15) is 0 Å². The normalized spacial score (nSPS) is 16.6. The number of hydrogen-bond donors (Lipinski definition) is 0. The number of hydrogen-bond acceptors (Lipinski definition) is 4. The van der Waals surface area contributed by atoms with E-state index in [-0.39, 0.29) is 17.2 Å². The predicted octanol–water partition coefficient (Wildman–Crippen LogP) is 5.71. The Labute approximate surface area is 242 Å². The highest BCUT2D eigenvalue weighted by atomic mass is 35.5. The summed E-state index contributed by atoms with van der Waals surface area (Å²) in [5.74, 6) is 2.32. The number of amides is 2. The third kappa shape index (κ3) is 6.69. The van der Waals surface area contributed by atoms with Gasteiger partial charge < -0.3 is 19.1 Å². The van der Waals surface area contributed by atoms with Crippen LogP contribution in [-0.2, 0) is 29.1 Å². The first-order chi connectivity index (χ1) is 19.3. The van der Waals surface area contributed by atoms with Gasteiger partial charge in [0.15, 0.2) is 0 Å². The molecule has 1 aromatic heterocycles. The first kappa shape index (κ1) is 28.2. The SMILES string of the molecule is CC(C)c1nccn1CCC(=O)N1CCC(COc2cccc(Cl)c2)(CC(=O)N2CCc3ccccc3C2)CC1. The van der Waals surface area contributed by atoms with E-state index in [2.05, 4.69) is 41.6 Å². The summed E-state index contributed by atoms with van der Waals surface area (Å²) in [6, 6.07) is 15.8. The summed E-state index contributed by atoms with van der Waals surface area (Å²) < 4.78 is 8.31. The molecular weight excluding hydrogens is 524 g/mol. The van der Waals surface area contributed by atoms with Gasteiger partial charge in [0, 0.05) is 74.3 Å². The van der Waals surface area contributed by atoms with Gasteiger partial charge in [0.2, 0.25) is 11.8 Å². The van der Waals surface area contributed by atoms with Gasteiger partial charge in [-0.25, -0.2) is 4.98 Å². The van der Waals surface area contributed by atoms with Crippen LogP contribution in [0.1, 0.15) is 62.4 Å². The maximum Gasteiger partial charge on any atom is 0.224 e. The number of piperidine rings is 1. The molecule has 0 N–H and O–H groups in total. The summed E-state index contributed by atoms with van der Waals surface area (Å²) in [5, 5.41) is 0.619. The Balaban J connectivity index is 1.23. The highest BCUT2D eigenvalue weighted by Crippen LogP contribution is 2.37. The number of halogens is 1. The van der Waals surface area contributed by atoms with Gasteiger partial charge in [0.25, 0.3) is 0 Å². The second-order valence-corrected chi connectivity index (χ2v) is 12.0. The fraction of sp³-hybridized carbons (Fsp3) is 0.469. The molecule has 1 fully saturated rings. The van der Waals surface area contributed by atoms with E-state index >= 15 is 0 Å². The van der Waals surface area contributed by atoms with E-state index in [9.17, 15) is 9.59 Å². The zero-order chi connectivity index (χ0) is 28.1. The maximum absolute atomic E-state index is 13.6. The van der Waals surface area contributed by atoms with Gasteiger partial charge >= 0.3 is 0 Å². The molecule has 212 valence electrons. The summed E-state index contributed by atoms with van der Waals surface area (Å²) >= 11 is 6.19. The van der Waals surface area contributed by atoms with E-state index in [0.29, 0.717) is 62.3 Å². The van der Waals surface area contributed by atoms with Crippen LogP contribution in [0, 0.1) is 5.41 Å². The van der Waals surface area contributed by atoms with Crippen molar-refractivity contribution in [3.05, 3.63) is 82.9 Å². The van der Waals surface area contributed by atoms with Gasteiger partial charge in [0.05, 0.1) is 6.61 Å². The minimum atomic E-state index is -0.345. The topological polar surface area (TPSA) is 67.7 Å². The first-order valence-corrected chi connectivity index (χ1v) is 14.7. The molecule has 2 aromatic carbocycles. The number of nitrogens with zero attached hydrogens (tertiary/aromatic N) is 4. The van der Waals surface area contributed by atoms with E-state index in [0.717, 1.165) is 31.6 Å². The molecule has 0 unspecified atom stereocenters. The number of likely N-dealkylation sites (tertiary alicyclic amines) is 1. The third-order valence-corrected chi connectivity index (χ3v) is 8.59. The van der Waals surface area contributed by atoms with E-state index in [1.54, 1.807) is 12.3 Å². The second-order valence-electron chi connectivity index (χ2n) is 11.5. The summed E-state index contributed by atoms with van der Waals surface area (Å²) in [5.41, 5.74) is 2.21. The Morgan fingerprint density at radius 2 is 1.77 bits per heavy atom. The Morgan fingerprint density at radius 3 is 2.52 bits per heavy atom. The van der Waals surface area contributed by atoms with Gasteiger partial charge in [-0.15, -0.1) is 0 Å². The number of aromatic nitrogens is 2.